The summed E-state index contributed by atoms with van der Waals surface area (Å²) in [5.74, 6) is 1.01. The summed E-state index contributed by atoms with van der Waals surface area (Å²) in [6, 6.07) is 15.8. The number of amides is 1. The first-order valence-corrected chi connectivity index (χ1v) is 8.53. The molecule has 1 aliphatic rings. The molecule has 1 amide bonds. The predicted octanol–water partition coefficient (Wildman–Crippen LogP) is 3.19. The molecule has 0 unspecified atom stereocenters. The molecule has 3 rings (SSSR count). The van der Waals surface area contributed by atoms with Gasteiger partial charge in [-0.1, -0.05) is 36.4 Å². The van der Waals surface area contributed by atoms with E-state index in [-0.39, 0.29) is 17.8 Å². The smallest absolute Gasteiger partial charge is 0.242 e. The summed E-state index contributed by atoms with van der Waals surface area (Å²) in [4.78, 5) is 12.6. The Balaban J connectivity index is 1.72. The molecule has 2 aromatic rings. The Morgan fingerprint density at radius 2 is 1.95 bits per heavy atom. The summed E-state index contributed by atoms with van der Waals surface area (Å²) in [5.41, 5.74) is 4.28. The van der Waals surface area contributed by atoms with Crippen LogP contribution in [0.5, 0.6) is 0 Å². The number of anilines is 1. The molecule has 2 N–H and O–H groups in total. The van der Waals surface area contributed by atoms with Crippen molar-refractivity contribution in [3.63, 3.8) is 0 Å². The molecule has 0 radical (unpaired) electrons. The maximum absolute atomic E-state index is 12.6. The lowest BCUT2D eigenvalue weighted by molar-refractivity contribution is -0.115. The summed E-state index contributed by atoms with van der Waals surface area (Å²) in [6.45, 7) is 0.140. The van der Waals surface area contributed by atoms with E-state index in [1.165, 1.54) is 5.56 Å². The number of carbonyl (C=O) groups is 1. The zero-order valence-corrected chi connectivity index (χ0v) is 13.1. The van der Waals surface area contributed by atoms with Crippen molar-refractivity contribution in [2.24, 2.45) is 0 Å². The molecule has 2 aromatic carbocycles. The third kappa shape index (κ3) is 3.34. The van der Waals surface area contributed by atoms with Crippen LogP contribution in [0, 0.1) is 0 Å². The SMILES string of the molecule is O=C(Nc1ccc(CCO)cc1)[C@H]1SCCc2ccccc21. The van der Waals surface area contributed by atoms with E-state index >= 15 is 0 Å². The van der Waals surface area contributed by atoms with E-state index < -0.39 is 0 Å². The monoisotopic (exact) mass is 313 g/mol. The summed E-state index contributed by atoms with van der Waals surface area (Å²) >= 11 is 1.70. The summed E-state index contributed by atoms with van der Waals surface area (Å²) in [6.07, 6.45) is 1.67. The molecule has 0 fully saturated rings. The van der Waals surface area contributed by atoms with E-state index in [0.29, 0.717) is 6.42 Å². The van der Waals surface area contributed by atoms with Crippen molar-refractivity contribution in [3.8, 4) is 0 Å². The minimum Gasteiger partial charge on any atom is -0.396 e. The van der Waals surface area contributed by atoms with Crippen LogP contribution in [0.2, 0.25) is 0 Å². The fourth-order valence-corrected chi connectivity index (χ4v) is 3.90. The fraction of sp³-hybridized carbons (Fsp3) is 0.278. The summed E-state index contributed by atoms with van der Waals surface area (Å²) < 4.78 is 0. The number of aryl methyl sites for hydroxylation is 1. The molecule has 3 nitrogen and oxygen atoms in total. The Bertz CT molecular complexity index is 654. The highest BCUT2D eigenvalue weighted by Crippen LogP contribution is 2.37. The van der Waals surface area contributed by atoms with Crippen molar-refractivity contribution < 1.29 is 9.90 Å². The second kappa shape index (κ2) is 6.99. The molecule has 1 atom stereocenters. The van der Waals surface area contributed by atoms with Crippen LogP contribution < -0.4 is 5.32 Å². The maximum atomic E-state index is 12.6. The van der Waals surface area contributed by atoms with Crippen LogP contribution in [0.15, 0.2) is 48.5 Å². The van der Waals surface area contributed by atoms with Crippen molar-refractivity contribution in [2.75, 3.05) is 17.7 Å². The van der Waals surface area contributed by atoms with Crippen LogP contribution in [0.4, 0.5) is 5.69 Å². The third-order valence-electron chi connectivity index (χ3n) is 3.85. The molecular weight excluding hydrogens is 294 g/mol. The topological polar surface area (TPSA) is 49.3 Å². The van der Waals surface area contributed by atoms with E-state index in [4.69, 9.17) is 5.11 Å². The van der Waals surface area contributed by atoms with E-state index in [2.05, 4.69) is 17.4 Å². The Hall–Kier alpha value is -1.78. The van der Waals surface area contributed by atoms with Gasteiger partial charge in [-0.15, -0.1) is 11.8 Å². The maximum Gasteiger partial charge on any atom is 0.242 e. The largest absolute Gasteiger partial charge is 0.396 e. The molecule has 0 bridgehead atoms. The molecule has 0 aromatic heterocycles. The van der Waals surface area contributed by atoms with Crippen LogP contribution >= 0.6 is 11.8 Å². The lowest BCUT2D eigenvalue weighted by Gasteiger charge is -2.24. The Kier molecular flexibility index (Phi) is 4.80. The highest BCUT2D eigenvalue weighted by atomic mass is 32.2. The molecule has 0 saturated heterocycles. The molecule has 0 aliphatic carbocycles. The van der Waals surface area contributed by atoms with Crippen LogP contribution in [-0.4, -0.2) is 23.4 Å². The molecule has 4 heteroatoms. The van der Waals surface area contributed by atoms with Crippen LogP contribution in [-0.2, 0) is 17.6 Å². The van der Waals surface area contributed by atoms with Crippen molar-refractivity contribution in [1.82, 2.24) is 0 Å². The van der Waals surface area contributed by atoms with Gasteiger partial charge in [0.1, 0.15) is 5.25 Å². The van der Waals surface area contributed by atoms with E-state index in [0.717, 1.165) is 29.0 Å². The number of aliphatic hydroxyl groups excluding tert-OH is 1. The van der Waals surface area contributed by atoms with Crippen molar-refractivity contribution in [1.29, 1.82) is 0 Å². The Labute approximate surface area is 134 Å². The Morgan fingerprint density at radius 1 is 1.18 bits per heavy atom. The van der Waals surface area contributed by atoms with E-state index in [1.54, 1.807) is 11.8 Å². The van der Waals surface area contributed by atoms with Gasteiger partial charge < -0.3 is 10.4 Å². The third-order valence-corrected chi connectivity index (χ3v) is 5.09. The number of benzene rings is 2. The molecule has 22 heavy (non-hydrogen) atoms. The van der Waals surface area contributed by atoms with Crippen molar-refractivity contribution in [3.05, 3.63) is 65.2 Å². The number of rotatable bonds is 4. The second-order valence-electron chi connectivity index (χ2n) is 5.36. The highest BCUT2D eigenvalue weighted by Gasteiger charge is 2.26. The number of carbonyl (C=O) groups excluding carboxylic acids is 1. The quantitative estimate of drug-likeness (QED) is 0.911. The molecule has 114 valence electrons. The Morgan fingerprint density at radius 3 is 2.73 bits per heavy atom. The number of fused-ring (bicyclic) bond motifs is 1. The van der Waals surface area contributed by atoms with Gasteiger partial charge in [0.05, 0.1) is 0 Å². The van der Waals surface area contributed by atoms with Crippen molar-refractivity contribution in [2.45, 2.75) is 18.1 Å². The minimum absolute atomic E-state index is 0.0343. The van der Waals surface area contributed by atoms with E-state index in [9.17, 15) is 4.79 Å². The number of aliphatic hydroxyl groups is 1. The molecule has 0 saturated carbocycles. The van der Waals surface area contributed by atoms with Gasteiger partial charge in [-0.3, -0.25) is 4.79 Å². The van der Waals surface area contributed by atoms with E-state index in [1.807, 2.05) is 36.4 Å². The van der Waals surface area contributed by atoms with Gasteiger partial charge in [-0.05, 0) is 47.4 Å². The molecule has 1 heterocycles. The molecule has 0 spiro atoms. The molecule has 1 aliphatic heterocycles. The number of nitrogens with one attached hydrogen (secondary N) is 1. The average molecular weight is 313 g/mol. The number of thioether (sulfide) groups is 1. The first-order valence-electron chi connectivity index (χ1n) is 7.48. The number of hydrogen-bond donors (Lipinski definition) is 2. The standard InChI is InChI=1S/C18H19NO2S/c20-11-9-13-5-7-15(8-6-13)19-18(21)17-16-4-2-1-3-14(16)10-12-22-17/h1-8,17,20H,9-12H2,(H,19,21)/t17-/m0/s1. The van der Waals surface area contributed by atoms with Gasteiger partial charge in [0.25, 0.3) is 0 Å². The normalized spacial score (nSPS) is 16.9. The minimum atomic E-state index is -0.137. The second-order valence-corrected chi connectivity index (χ2v) is 6.57. The number of hydrogen-bond acceptors (Lipinski definition) is 3. The predicted molar refractivity (Wildman–Crippen MR) is 91.2 cm³/mol. The first kappa shape index (κ1) is 15.1. The summed E-state index contributed by atoms with van der Waals surface area (Å²) in [5, 5.41) is 11.8. The van der Waals surface area contributed by atoms with Gasteiger partial charge in [0.2, 0.25) is 5.91 Å². The van der Waals surface area contributed by atoms with Gasteiger partial charge in [-0.25, -0.2) is 0 Å². The van der Waals surface area contributed by atoms with Gasteiger partial charge in [-0.2, -0.15) is 0 Å². The van der Waals surface area contributed by atoms with Crippen molar-refractivity contribution >= 4 is 23.4 Å². The zero-order chi connectivity index (χ0) is 15.4. The van der Waals surface area contributed by atoms with Crippen LogP contribution in [0.1, 0.15) is 21.9 Å². The fourth-order valence-electron chi connectivity index (χ4n) is 2.70. The molecular formula is C18H19NO2S. The highest BCUT2D eigenvalue weighted by molar-refractivity contribution is 8.00. The summed E-state index contributed by atoms with van der Waals surface area (Å²) in [7, 11) is 0. The van der Waals surface area contributed by atoms with Crippen LogP contribution in [0.25, 0.3) is 0 Å². The first-order chi connectivity index (χ1) is 10.8. The average Bonchev–Trinajstić information content (AvgIpc) is 2.56. The van der Waals surface area contributed by atoms with Gasteiger partial charge in [0.15, 0.2) is 0 Å². The van der Waals surface area contributed by atoms with Crippen LogP contribution in [0.3, 0.4) is 0 Å². The lowest BCUT2D eigenvalue weighted by Crippen LogP contribution is -2.23. The van der Waals surface area contributed by atoms with Gasteiger partial charge >= 0.3 is 0 Å². The lowest BCUT2D eigenvalue weighted by atomic mass is 10.0. The van der Waals surface area contributed by atoms with Gasteiger partial charge in [0, 0.05) is 12.3 Å². The zero-order valence-electron chi connectivity index (χ0n) is 12.3.